The van der Waals surface area contributed by atoms with Crippen LogP contribution in [0.3, 0.4) is 0 Å². The zero-order valence-corrected chi connectivity index (χ0v) is 11.3. The van der Waals surface area contributed by atoms with Crippen molar-refractivity contribution < 1.29 is 9.90 Å². The molecule has 18 heavy (non-hydrogen) atoms. The number of nitrogens with two attached hydrogens (primary N) is 1. The molecule has 0 atom stereocenters. The molecule has 1 rings (SSSR count). The highest BCUT2D eigenvalue weighted by atomic mass is 16.4. The Morgan fingerprint density at radius 2 is 2.00 bits per heavy atom. The lowest BCUT2D eigenvalue weighted by Gasteiger charge is -2.08. The van der Waals surface area contributed by atoms with E-state index in [9.17, 15) is 4.79 Å². The van der Waals surface area contributed by atoms with Gasteiger partial charge in [0.25, 0.3) is 0 Å². The number of carboxylic acids is 1. The average molecular weight is 249 g/mol. The third-order valence-electron chi connectivity index (χ3n) is 3.09. The van der Waals surface area contributed by atoms with Crippen LogP contribution in [0.15, 0.2) is 18.2 Å². The van der Waals surface area contributed by atoms with E-state index < -0.39 is 5.97 Å². The van der Waals surface area contributed by atoms with E-state index in [1.54, 1.807) is 18.2 Å². The number of rotatable bonds is 7. The molecule has 100 valence electrons. The molecule has 0 bridgehead atoms. The Morgan fingerprint density at radius 3 is 2.61 bits per heavy atom. The van der Waals surface area contributed by atoms with Gasteiger partial charge < -0.3 is 10.8 Å². The second-order valence-electron chi connectivity index (χ2n) is 5.21. The van der Waals surface area contributed by atoms with Crippen molar-refractivity contribution in [3.05, 3.63) is 29.3 Å². The summed E-state index contributed by atoms with van der Waals surface area (Å²) in [5.41, 5.74) is 7.58. The number of carbonyl (C=O) groups is 1. The molecule has 0 saturated heterocycles. The Balaban J connectivity index is 2.50. The molecule has 0 spiro atoms. The van der Waals surface area contributed by atoms with Crippen LogP contribution in [-0.2, 0) is 6.42 Å². The van der Waals surface area contributed by atoms with Gasteiger partial charge in [-0.2, -0.15) is 0 Å². The Hall–Kier alpha value is -1.51. The first kappa shape index (κ1) is 14.6. The van der Waals surface area contributed by atoms with Crippen LogP contribution in [0, 0.1) is 5.92 Å². The fraction of sp³-hybridized carbons (Fsp3) is 0.533. The number of benzene rings is 1. The van der Waals surface area contributed by atoms with Crippen LogP contribution >= 0.6 is 0 Å². The van der Waals surface area contributed by atoms with E-state index in [0.29, 0.717) is 11.3 Å². The van der Waals surface area contributed by atoms with E-state index in [1.807, 2.05) is 0 Å². The Kier molecular flexibility index (Phi) is 5.69. The van der Waals surface area contributed by atoms with E-state index in [1.165, 1.54) is 12.8 Å². The summed E-state index contributed by atoms with van der Waals surface area (Å²) in [6.07, 6.45) is 5.42. The van der Waals surface area contributed by atoms with Gasteiger partial charge in [0.2, 0.25) is 0 Å². The average Bonchev–Trinajstić information content (AvgIpc) is 2.27. The fourth-order valence-corrected chi connectivity index (χ4v) is 2.07. The number of anilines is 1. The van der Waals surface area contributed by atoms with Crippen LogP contribution in [0.25, 0.3) is 0 Å². The van der Waals surface area contributed by atoms with Gasteiger partial charge >= 0.3 is 5.97 Å². The van der Waals surface area contributed by atoms with Crippen molar-refractivity contribution in [1.82, 2.24) is 0 Å². The molecule has 3 N–H and O–H groups in total. The van der Waals surface area contributed by atoms with E-state index in [2.05, 4.69) is 13.8 Å². The van der Waals surface area contributed by atoms with Crippen molar-refractivity contribution in [3.63, 3.8) is 0 Å². The maximum absolute atomic E-state index is 11.1. The SMILES string of the molecule is CC(C)CCCCCc1cc(N)ccc1C(=O)O. The smallest absolute Gasteiger partial charge is 0.335 e. The van der Waals surface area contributed by atoms with Gasteiger partial charge in [0, 0.05) is 5.69 Å². The van der Waals surface area contributed by atoms with Gasteiger partial charge in [-0.3, -0.25) is 0 Å². The predicted molar refractivity (Wildman–Crippen MR) is 74.8 cm³/mol. The molecule has 3 heteroatoms. The minimum atomic E-state index is -0.868. The van der Waals surface area contributed by atoms with Crippen LogP contribution < -0.4 is 5.73 Å². The number of hydrogen-bond donors (Lipinski definition) is 2. The standard InChI is InChI=1S/C15H23NO2/c1-11(2)6-4-3-5-7-12-10-13(16)8-9-14(12)15(17)18/h8-11H,3-7,16H2,1-2H3,(H,17,18). The molecule has 0 aliphatic heterocycles. The molecule has 0 aliphatic carbocycles. The molecule has 0 saturated carbocycles. The maximum Gasteiger partial charge on any atom is 0.335 e. The molecular formula is C15H23NO2. The summed E-state index contributed by atoms with van der Waals surface area (Å²) < 4.78 is 0. The third kappa shape index (κ3) is 4.78. The second-order valence-corrected chi connectivity index (χ2v) is 5.21. The van der Waals surface area contributed by atoms with Gasteiger partial charge in [-0.1, -0.05) is 33.1 Å². The fourth-order valence-electron chi connectivity index (χ4n) is 2.07. The number of carboxylic acid groups (broad SMARTS) is 1. The first-order valence-electron chi connectivity index (χ1n) is 6.62. The highest BCUT2D eigenvalue weighted by molar-refractivity contribution is 5.89. The van der Waals surface area contributed by atoms with Crippen molar-refractivity contribution >= 4 is 11.7 Å². The van der Waals surface area contributed by atoms with Gasteiger partial charge in [0.1, 0.15) is 0 Å². The molecule has 1 aromatic carbocycles. The predicted octanol–water partition coefficient (Wildman–Crippen LogP) is 3.73. The summed E-state index contributed by atoms with van der Waals surface area (Å²) in [7, 11) is 0. The van der Waals surface area contributed by atoms with Crippen molar-refractivity contribution in [2.75, 3.05) is 5.73 Å². The summed E-state index contributed by atoms with van der Waals surface area (Å²) in [5.74, 6) is -0.126. The molecular weight excluding hydrogens is 226 g/mol. The monoisotopic (exact) mass is 249 g/mol. The summed E-state index contributed by atoms with van der Waals surface area (Å²) in [6.45, 7) is 4.45. The lowest BCUT2D eigenvalue weighted by Crippen LogP contribution is -2.03. The Labute approximate surface area is 109 Å². The van der Waals surface area contributed by atoms with Crippen LogP contribution in [0.2, 0.25) is 0 Å². The van der Waals surface area contributed by atoms with Crippen molar-refractivity contribution in [3.8, 4) is 0 Å². The van der Waals surface area contributed by atoms with Crippen molar-refractivity contribution in [2.45, 2.75) is 46.0 Å². The largest absolute Gasteiger partial charge is 0.478 e. The first-order chi connectivity index (χ1) is 8.50. The number of hydrogen-bond acceptors (Lipinski definition) is 2. The molecule has 0 heterocycles. The minimum absolute atomic E-state index is 0.382. The van der Waals surface area contributed by atoms with Crippen LogP contribution in [0.4, 0.5) is 5.69 Å². The summed E-state index contributed by atoms with van der Waals surface area (Å²) >= 11 is 0. The van der Waals surface area contributed by atoms with E-state index >= 15 is 0 Å². The van der Waals surface area contributed by atoms with E-state index in [0.717, 1.165) is 30.7 Å². The zero-order valence-electron chi connectivity index (χ0n) is 11.3. The molecule has 0 aliphatic rings. The molecule has 0 fully saturated rings. The van der Waals surface area contributed by atoms with Crippen LogP contribution in [0.5, 0.6) is 0 Å². The lowest BCUT2D eigenvalue weighted by atomic mass is 9.99. The Morgan fingerprint density at radius 1 is 1.28 bits per heavy atom. The van der Waals surface area contributed by atoms with Gasteiger partial charge in [0.15, 0.2) is 0 Å². The van der Waals surface area contributed by atoms with Gasteiger partial charge in [-0.15, -0.1) is 0 Å². The normalized spacial score (nSPS) is 10.8. The third-order valence-corrected chi connectivity index (χ3v) is 3.09. The number of aryl methyl sites for hydroxylation is 1. The molecule has 3 nitrogen and oxygen atoms in total. The van der Waals surface area contributed by atoms with Crippen molar-refractivity contribution in [2.24, 2.45) is 5.92 Å². The second kappa shape index (κ2) is 7.04. The highest BCUT2D eigenvalue weighted by Gasteiger charge is 2.09. The summed E-state index contributed by atoms with van der Waals surface area (Å²) in [5, 5.41) is 9.09. The first-order valence-corrected chi connectivity index (χ1v) is 6.62. The topological polar surface area (TPSA) is 63.3 Å². The minimum Gasteiger partial charge on any atom is -0.478 e. The molecule has 0 unspecified atom stereocenters. The van der Waals surface area contributed by atoms with E-state index in [-0.39, 0.29) is 0 Å². The zero-order chi connectivity index (χ0) is 13.5. The summed E-state index contributed by atoms with van der Waals surface area (Å²) in [6, 6.07) is 5.03. The quantitative estimate of drug-likeness (QED) is 0.571. The van der Waals surface area contributed by atoms with Crippen LogP contribution in [-0.4, -0.2) is 11.1 Å². The maximum atomic E-state index is 11.1. The van der Waals surface area contributed by atoms with E-state index in [4.69, 9.17) is 10.8 Å². The number of nitrogen functional groups attached to an aromatic ring is 1. The molecule has 0 amide bonds. The number of unbranched alkanes of at least 4 members (excludes halogenated alkanes) is 2. The molecule has 1 aromatic rings. The molecule has 0 aromatic heterocycles. The molecule has 0 radical (unpaired) electrons. The Bertz CT molecular complexity index is 399. The summed E-state index contributed by atoms with van der Waals surface area (Å²) in [4.78, 5) is 11.1. The number of aromatic carboxylic acids is 1. The van der Waals surface area contributed by atoms with Gasteiger partial charge in [-0.05, 0) is 42.5 Å². The van der Waals surface area contributed by atoms with Crippen molar-refractivity contribution in [1.29, 1.82) is 0 Å². The lowest BCUT2D eigenvalue weighted by molar-refractivity contribution is 0.0695. The van der Waals surface area contributed by atoms with Crippen LogP contribution in [0.1, 0.15) is 55.5 Å². The van der Waals surface area contributed by atoms with Gasteiger partial charge in [-0.25, -0.2) is 4.79 Å². The highest BCUT2D eigenvalue weighted by Crippen LogP contribution is 2.17. The van der Waals surface area contributed by atoms with Gasteiger partial charge in [0.05, 0.1) is 5.56 Å².